The molecular weight excluding hydrogens is 278 g/mol. The van der Waals surface area contributed by atoms with E-state index in [4.69, 9.17) is 4.42 Å². The predicted octanol–water partition coefficient (Wildman–Crippen LogP) is 2.64. The van der Waals surface area contributed by atoms with Crippen LogP contribution in [-0.4, -0.2) is 30.5 Å². The van der Waals surface area contributed by atoms with E-state index in [-0.39, 0.29) is 16.0 Å². The first-order valence-electron chi connectivity index (χ1n) is 6.20. The minimum Gasteiger partial charge on any atom is -0.468 e. The second-order valence-corrected chi connectivity index (χ2v) is 5.57. The summed E-state index contributed by atoms with van der Waals surface area (Å²) in [5, 5.41) is 15.9. The van der Waals surface area contributed by atoms with Gasteiger partial charge in [0.05, 0.1) is 17.2 Å². The van der Waals surface area contributed by atoms with Crippen molar-refractivity contribution < 1.29 is 9.34 Å². The lowest BCUT2D eigenvalue weighted by molar-refractivity contribution is -0.380. The first-order chi connectivity index (χ1) is 9.58. The molecule has 2 rings (SSSR count). The van der Waals surface area contributed by atoms with Gasteiger partial charge in [0, 0.05) is 24.5 Å². The second-order valence-electron chi connectivity index (χ2n) is 4.68. The van der Waals surface area contributed by atoms with E-state index in [9.17, 15) is 10.1 Å². The van der Waals surface area contributed by atoms with E-state index < -0.39 is 0 Å². The number of nitro groups is 1. The van der Waals surface area contributed by atoms with Crippen LogP contribution in [0.15, 0.2) is 34.3 Å². The Morgan fingerprint density at radius 2 is 2.35 bits per heavy atom. The van der Waals surface area contributed by atoms with Crippen molar-refractivity contribution in [3.8, 4) is 0 Å². The Labute approximate surface area is 121 Å². The summed E-state index contributed by atoms with van der Waals surface area (Å²) in [5.41, 5.74) is 0.929. The van der Waals surface area contributed by atoms with Gasteiger partial charge in [-0.25, -0.2) is 0 Å². The number of nitrogens with zero attached hydrogens (tertiary/aromatic N) is 2. The summed E-state index contributed by atoms with van der Waals surface area (Å²) in [4.78, 5) is 12.3. The van der Waals surface area contributed by atoms with Crippen LogP contribution < -0.4 is 5.32 Å². The van der Waals surface area contributed by atoms with Gasteiger partial charge in [-0.05, 0) is 31.8 Å². The van der Waals surface area contributed by atoms with Gasteiger partial charge in [-0.1, -0.05) is 11.3 Å². The van der Waals surface area contributed by atoms with Crippen LogP contribution in [0.3, 0.4) is 0 Å². The maximum Gasteiger partial charge on any atom is 0.324 e. The normalized spacial score (nSPS) is 12.8. The molecule has 1 unspecified atom stereocenters. The van der Waals surface area contributed by atoms with Crippen LogP contribution in [0.2, 0.25) is 0 Å². The van der Waals surface area contributed by atoms with Gasteiger partial charge < -0.3 is 9.73 Å². The number of rotatable bonds is 7. The fourth-order valence-corrected chi connectivity index (χ4v) is 2.65. The fraction of sp³-hybridized carbons (Fsp3) is 0.385. The topological polar surface area (TPSA) is 71.5 Å². The molecule has 2 heterocycles. The molecule has 1 N–H and O–H groups in total. The van der Waals surface area contributed by atoms with Crippen LogP contribution >= 0.6 is 11.3 Å². The maximum atomic E-state index is 10.6. The third-order valence-corrected chi connectivity index (χ3v) is 3.91. The van der Waals surface area contributed by atoms with Crippen molar-refractivity contribution in [2.24, 2.45) is 0 Å². The van der Waals surface area contributed by atoms with Gasteiger partial charge in [0.25, 0.3) is 0 Å². The zero-order valence-electron chi connectivity index (χ0n) is 11.4. The average Bonchev–Trinajstić information content (AvgIpc) is 3.05. The second kappa shape index (κ2) is 6.65. The molecule has 0 fully saturated rings. The summed E-state index contributed by atoms with van der Waals surface area (Å²) >= 11 is 1.15. The Balaban J connectivity index is 1.88. The molecule has 7 heteroatoms. The Morgan fingerprint density at radius 3 is 2.90 bits per heavy atom. The van der Waals surface area contributed by atoms with Crippen molar-refractivity contribution in [3.63, 3.8) is 0 Å². The molecule has 0 aliphatic rings. The summed E-state index contributed by atoms with van der Waals surface area (Å²) < 4.78 is 5.43. The van der Waals surface area contributed by atoms with Gasteiger partial charge in [-0.15, -0.1) is 0 Å². The van der Waals surface area contributed by atoms with Crippen LogP contribution in [0.5, 0.6) is 0 Å². The number of hydrogen-bond donors (Lipinski definition) is 1. The minimum absolute atomic E-state index is 0.138. The summed E-state index contributed by atoms with van der Waals surface area (Å²) in [5.74, 6) is 0.902. The predicted molar refractivity (Wildman–Crippen MR) is 77.8 cm³/mol. The summed E-state index contributed by atoms with van der Waals surface area (Å²) in [7, 11) is 3.98. The van der Waals surface area contributed by atoms with Crippen molar-refractivity contribution in [1.82, 2.24) is 10.2 Å². The molecule has 0 radical (unpaired) electrons. The summed E-state index contributed by atoms with van der Waals surface area (Å²) in [6, 6.07) is 5.56. The van der Waals surface area contributed by atoms with E-state index in [0.29, 0.717) is 13.1 Å². The van der Waals surface area contributed by atoms with Gasteiger partial charge in [0.2, 0.25) is 0 Å². The van der Waals surface area contributed by atoms with Crippen LogP contribution in [0.4, 0.5) is 5.00 Å². The molecule has 0 saturated heterocycles. The van der Waals surface area contributed by atoms with Crippen molar-refractivity contribution >= 4 is 16.3 Å². The number of hydrogen-bond acceptors (Lipinski definition) is 6. The molecule has 0 aliphatic carbocycles. The third-order valence-electron chi connectivity index (χ3n) is 2.98. The molecule has 20 heavy (non-hydrogen) atoms. The lowest BCUT2D eigenvalue weighted by Gasteiger charge is -2.22. The molecule has 0 aromatic carbocycles. The lowest BCUT2D eigenvalue weighted by Crippen LogP contribution is -2.30. The monoisotopic (exact) mass is 295 g/mol. The highest BCUT2D eigenvalue weighted by molar-refractivity contribution is 7.13. The van der Waals surface area contributed by atoms with Crippen LogP contribution in [0, 0.1) is 10.1 Å². The molecule has 108 valence electrons. The number of furan rings is 1. The summed E-state index contributed by atoms with van der Waals surface area (Å²) in [6.07, 6.45) is 1.66. The molecule has 6 nitrogen and oxygen atoms in total. The highest BCUT2D eigenvalue weighted by Crippen LogP contribution is 2.23. The van der Waals surface area contributed by atoms with E-state index in [1.807, 2.05) is 31.6 Å². The van der Waals surface area contributed by atoms with E-state index in [1.54, 1.807) is 12.3 Å². The van der Waals surface area contributed by atoms with Gasteiger partial charge in [-0.3, -0.25) is 15.0 Å². The largest absolute Gasteiger partial charge is 0.468 e. The average molecular weight is 295 g/mol. The van der Waals surface area contributed by atoms with E-state index in [0.717, 1.165) is 22.7 Å². The minimum atomic E-state index is -0.361. The van der Waals surface area contributed by atoms with E-state index in [2.05, 4.69) is 10.2 Å². The molecule has 0 aliphatic heterocycles. The molecule has 0 amide bonds. The van der Waals surface area contributed by atoms with Crippen molar-refractivity contribution in [1.29, 1.82) is 0 Å². The Hall–Kier alpha value is -1.70. The smallest absolute Gasteiger partial charge is 0.324 e. The van der Waals surface area contributed by atoms with Crippen molar-refractivity contribution in [2.75, 3.05) is 20.6 Å². The standard InChI is InChI=1S/C13H17N3O3S/c1-15(2)11(12-4-3-5-19-12)8-14-7-10-6-13(16(17)18)20-9-10/h3-6,9,11,14H,7-8H2,1-2H3. The highest BCUT2D eigenvalue weighted by atomic mass is 32.1. The van der Waals surface area contributed by atoms with Gasteiger partial charge >= 0.3 is 5.00 Å². The first kappa shape index (κ1) is 14.7. The van der Waals surface area contributed by atoms with Crippen molar-refractivity contribution in [2.45, 2.75) is 12.6 Å². The Morgan fingerprint density at radius 1 is 1.55 bits per heavy atom. The Bertz CT molecular complexity index is 551. The molecule has 2 aromatic rings. The SMILES string of the molecule is CN(C)C(CNCc1csc([N+](=O)[O-])c1)c1ccco1. The molecule has 0 bridgehead atoms. The van der Waals surface area contributed by atoms with Crippen molar-refractivity contribution in [3.05, 3.63) is 51.3 Å². The fourth-order valence-electron chi connectivity index (χ4n) is 1.92. The van der Waals surface area contributed by atoms with Gasteiger partial charge in [-0.2, -0.15) is 0 Å². The van der Waals surface area contributed by atoms with Gasteiger partial charge in [0.15, 0.2) is 0 Å². The number of likely N-dealkylation sites (N-methyl/N-ethyl adjacent to an activating group) is 1. The first-order valence-corrected chi connectivity index (χ1v) is 7.08. The Kier molecular flexibility index (Phi) is 4.89. The molecule has 0 spiro atoms. The molecule has 0 saturated carbocycles. The quantitative estimate of drug-likeness (QED) is 0.628. The molecule has 1 atom stereocenters. The highest BCUT2D eigenvalue weighted by Gasteiger charge is 2.16. The molecular formula is C13H17N3O3S. The van der Waals surface area contributed by atoms with Crippen LogP contribution in [0.1, 0.15) is 17.4 Å². The van der Waals surface area contributed by atoms with E-state index in [1.165, 1.54) is 0 Å². The van der Waals surface area contributed by atoms with Crippen LogP contribution in [-0.2, 0) is 6.54 Å². The number of nitrogens with one attached hydrogen (secondary N) is 1. The van der Waals surface area contributed by atoms with Crippen LogP contribution in [0.25, 0.3) is 0 Å². The number of thiophene rings is 1. The summed E-state index contributed by atoms with van der Waals surface area (Å²) in [6.45, 7) is 1.32. The van der Waals surface area contributed by atoms with E-state index >= 15 is 0 Å². The van der Waals surface area contributed by atoms with Gasteiger partial charge in [0.1, 0.15) is 5.76 Å². The zero-order valence-corrected chi connectivity index (χ0v) is 12.2. The third kappa shape index (κ3) is 3.66. The zero-order chi connectivity index (χ0) is 14.5. The maximum absolute atomic E-state index is 10.6. The lowest BCUT2D eigenvalue weighted by atomic mass is 10.2. The molecule has 2 aromatic heterocycles.